The average Bonchev–Trinajstić information content (AvgIpc) is 2.84. The van der Waals surface area contributed by atoms with Crippen LogP contribution >= 0.6 is 0 Å². The van der Waals surface area contributed by atoms with E-state index in [4.69, 9.17) is 4.74 Å². The first-order valence-electron chi connectivity index (χ1n) is 7.79. The monoisotopic (exact) mass is 264 g/mol. The molecule has 108 valence electrons. The number of carbonyl (C=O) groups is 1. The predicted molar refractivity (Wildman–Crippen MR) is 77.7 cm³/mol. The molecule has 2 rings (SSSR count). The molecular formula is C17H28O2. The lowest BCUT2D eigenvalue weighted by Gasteiger charge is -2.21. The van der Waals surface area contributed by atoms with Crippen LogP contribution in [-0.2, 0) is 9.53 Å². The van der Waals surface area contributed by atoms with Crippen molar-refractivity contribution in [1.82, 2.24) is 0 Å². The van der Waals surface area contributed by atoms with Gasteiger partial charge in [-0.15, -0.1) is 0 Å². The molecule has 0 heterocycles. The zero-order valence-electron chi connectivity index (χ0n) is 13.0. The summed E-state index contributed by atoms with van der Waals surface area (Å²) < 4.78 is 5.52. The van der Waals surface area contributed by atoms with Gasteiger partial charge < -0.3 is 4.74 Å². The number of hydrogen-bond acceptors (Lipinski definition) is 2. The zero-order valence-corrected chi connectivity index (χ0v) is 13.0. The van der Waals surface area contributed by atoms with Crippen LogP contribution in [0.5, 0.6) is 0 Å². The maximum Gasteiger partial charge on any atom is 0.334 e. The lowest BCUT2D eigenvalue weighted by molar-refractivity contribution is -0.150. The molecule has 0 bridgehead atoms. The van der Waals surface area contributed by atoms with Crippen molar-refractivity contribution in [3.05, 3.63) is 11.6 Å². The third-order valence-corrected chi connectivity index (χ3v) is 4.81. The molecule has 2 nitrogen and oxygen atoms in total. The molecule has 2 aliphatic carbocycles. The van der Waals surface area contributed by atoms with Crippen LogP contribution in [-0.4, -0.2) is 11.6 Å². The summed E-state index contributed by atoms with van der Waals surface area (Å²) in [4.78, 5) is 12.2. The van der Waals surface area contributed by atoms with Gasteiger partial charge in [0.15, 0.2) is 0 Å². The Balaban J connectivity index is 2.09. The van der Waals surface area contributed by atoms with Gasteiger partial charge in [-0.3, -0.25) is 0 Å². The van der Waals surface area contributed by atoms with Gasteiger partial charge in [-0.05, 0) is 57.3 Å². The van der Waals surface area contributed by atoms with E-state index >= 15 is 0 Å². The number of allylic oxidation sites excluding steroid dienone is 1. The summed E-state index contributed by atoms with van der Waals surface area (Å²) in [6, 6.07) is 0. The number of fused-ring (bicyclic) bond motifs is 1. The molecule has 0 saturated heterocycles. The molecule has 4 unspecified atom stereocenters. The summed E-state index contributed by atoms with van der Waals surface area (Å²) in [6.07, 6.45) is 7.00. The van der Waals surface area contributed by atoms with Crippen LogP contribution in [0.2, 0.25) is 0 Å². The SMILES string of the molecule is CCC1CC(CC)C2CC(C(=O)OC(C)(C)C)=CC12. The van der Waals surface area contributed by atoms with E-state index in [1.807, 2.05) is 20.8 Å². The third kappa shape index (κ3) is 3.04. The van der Waals surface area contributed by atoms with Crippen LogP contribution in [0.1, 0.15) is 60.3 Å². The molecule has 1 fully saturated rings. The van der Waals surface area contributed by atoms with Gasteiger partial charge in [0.05, 0.1) is 0 Å². The highest BCUT2D eigenvalue weighted by Crippen LogP contribution is 2.52. The topological polar surface area (TPSA) is 26.3 Å². The first-order valence-corrected chi connectivity index (χ1v) is 7.79. The van der Waals surface area contributed by atoms with Crippen molar-refractivity contribution in [3.8, 4) is 0 Å². The molecule has 0 aliphatic heterocycles. The lowest BCUT2D eigenvalue weighted by Crippen LogP contribution is -2.25. The highest BCUT2D eigenvalue weighted by molar-refractivity contribution is 5.89. The molecular weight excluding hydrogens is 236 g/mol. The van der Waals surface area contributed by atoms with Crippen LogP contribution in [0.15, 0.2) is 11.6 Å². The third-order valence-electron chi connectivity index (χ3n) is 4.81. The Morgan fingerprint density at radius 2 is 1.89 bits per heavy atom. The van der Waals surface area contributed by atoms with E-state index in [0.717, 1.165) is 23.8 Å². The largest absolute Gasteiger partial charge is 0.457 e. The highest BCUT2D eigenvalue weighted by atomic mass is 16.6. The van der Waals surface area contributed by atoms with Crippen molar-refractivity contribution >= 4 is 5.97 Å². The van der Waals surface area contributed by atoms with Gasteiger partial charge >= 0.3 is 5.97 Å². The molecule has 0 N–H and O–H groups in total. The summed E-state index contributed by atoms with van der Waals surface area (Å²) in [5.41, 5.74) is 0.547. The van der Waals surface area contributed by atoms with Gasteiger partial charge in [0, 0.05) is 5.57 Å². The van der Waals surface area contributed by atoms with Gasteiger partial charge in [0.1, 0.15) is 5.60 Å². The first-order chi connectivity index (χ1) is 8.85. The molecule has 0 aromatic carbocycles. The number of esters is 1. The van der Waals surface area contributed by atoms with Gasteiger partial charge in [0.2, 0.25) is 0 Å². The Morgan fingerprint density at radius 3 is 2.42 bits per heavy atom. The molecule has 2 heteroatoms. The minimum absolute atomic E-state index is 0.0911. The Morgan fingerprint density at radius 1 is 1.26 bits per heavy atom. The van der Waals surface area contributed by atoms with Gasteiger partial charge in [0.25, 0.3) is 0 Å². The number of rotatable bonds is 3. The summed E-state index contributed by atoms with van der Waals surface area (Å²) in [6.45, 7) is 10.4. The Hall–Kier alpha value is -0.790. The van der Waals surface area contributed by atoms with Crippen molar-refractivity contribution in [2.75, 3.05) is 0 Å². The van der Waals surface area contributed by atoms with E-state index in [1.54, 1.807) is 0 Å². The van der Waals surface area contributed by atoms with Crippen LogP contribution in [0.25, 0.3) is 0 Å². The fourth-order valence-electron chi connectivity index (χ4n) is 3.90. The van der Waals surface area contributed by atoms with Gasteiger partial charge in [-0.1, -0.05) is 32.8 Å². The quantitative estimate of drug-likeness (QED) is 0.708. The molecule has 0 aromatic rings. The normalized spacial score (nSPS) is 34.1. The lowest BCUT2D eigenvalue weighted by atomic mass is 9.88. The van der Waals surface area contributed by atoms with Crippen LogP contribution in [0.4, 0.5) is 0 Å². The van der Waals surface area contributed by atoms with Crippen molar-refractivity contribution < 1.29 is 9.53 Å². The Kier molecular flexibility index (Phi) is 4.08. The first kappa shape index (κ1) is 14.6. The van der Waals surface area contributed by atoms with E-state index in [0.29, 0.717) is 11.8 Å². The standard InChI is InChI=1S/C17H28O2/c1-6-11-8-12(7-2)15-10-13(9-14(11)15)16(18)19-17(3,4)5/h9,11-12,14-15H,6-8,10H2,1-5H3. The summed E-state index contributed by atoms with van der Waals surface area (Å²) in [5, 5.41) is 0. The summed E-state index contributed by atoms with van der Waals surface area (Å²) in [5.74, 6) is 2.79. The van der Waals surface area contributed by atoms with E-state index in [1.165, 1.54) is 19.3 Å². The Bertz CT molecular complexity index is 375. The van der Waals surface area contributed by atoms with Gasteiger partial charge in [-0.25, -0.2) is 4.79 Å². The number of hydrogen-bond donors (Lipinski definition) is 0. The molecule has 0 amide bonds. The minimum Gasteiger partial charge on any atom is -0.457 e. The highest BCUT2D eigenvalue weighted by Gasteiger charge is 2.45. The summed E-state index contributed by atoms with van der Waals surface area (Å²) >= 11 is 0. The molecule has 1 saturated carbocycles. The van der Waals surface area contributed by atoms with E-state index in [-0.39, 0.29) is 11.6 Å². The molecule has 0 spiro atoms. The van der Waals surface area contributed by atoms with Gasteiger partial charge in [-0.2, -0.15) is 0 Å². The predicted octanol–water partition coefficient (Wildman–Crippen LogP) is 4.35. The second-order valence-electron chi connectivity index (χ2n) is 7.21. The molecule has 2 aliphatic rings. The maximum atomic E-state index is 12.2. The fourth-order valence-corrected chi connectivity index (χ4v) is 3.90. The van der Waals surface area contributed by atoms with E-state index in [2.05, 4.69) is 19.9 Å². The van der Waals surface area contributed by atoms with E-state index < -0.39 is 0 Å². The molecule has 4 atom stereocenters. The molecule has 0 aromatic heterocycles. The van der Waals surface area contributed by atoms with Crippen molar-refractivity contribution in [2.45, 2.75) is 65.9 Å². The smallest absolute Gasteiger partial charge is 0.334 e. The molecule has 19 heavy (non-hydrogen) atoms. The number of ether oxygens (including phenoxy) is 1. The number of carbonyl (C=O) groups excluding carboxylic acids is 1. The maximum absolute atomic E-state index is 12.2. The second kappa shape index (κ2) is 5.30. The van der Waals surface area contributed by atoms with Crippen molar-refractivity contribution in [3.63, 3.8) is 0 Å². The van der Waals surface area contributed by atoms with Crippen LogP contribution < -0.4 is 0 Å². The summed E-state index contributed by atoms with van der Waals surface area (Å²) in [7, 11) is 0. The fraction of sp³-hybridized carbons (Fsp3) is 0.824. The minimum atomic E-state index is -0.385. The second-order valence-corrected chi connectivity index (χ2v) is 7.21. The average molecular weight is 264 g/mol. The zero-order chi connectivity index (χ0) is 14.2. The van der Waals surface area contributed by atoms with Crippen molar-refractivity contribution in [1.29, 1.82) is 0 Å². The van der Waals surface area contributed by atoms with Crippen molar-refractivity contribution in [2.24, 2.45) is 23.7 Å². The molecule has 0 radical (unpaired) electrons. The van der Waals surface area contributed by atoms with Crippen LogP contribution in [0, 0.1) is 23.7 Å². The Labute approximate surface area is 117 Å². The van der Waals surface area contributed by atoms with E-state index in [9.17, 15) is 4.79 Å². The van der Waals surface area contributed by atoms with Crippen LogP contribution in [0.3, 0.4) is 0 Å².